The predicted octanol–water partition coefficient (Wildman–Crippen LogP) is 5.75. The largest absolute Gasteiger partial charge is 0.379 e. The summed E-state index contributed by atoms with van der Waals surface area (Å²) < 4.78 is 28.0. The summed E-state index contributed by atoms with van der Waals surface area (Å²) in [6, 6.07) is 0. The quantitative estimate of drug-likeness (QED) is 0.151. The van der Waals surface area contributed by atoms with Crippen LogP contribution in [0.15, 0.2) is 0 Å². The van der Waals surface area contributed by atoms with E-state index in [0.29, 0.717) is 39.6 Å². The van der Waals surface area contributed by atoms with Crippen molar-refractivity contribution in [3.05, 3.63) is 0 Å². The monoisotopic (exact) mass is 404 g/mol. The molecule has 0 saturated heterocycles. The van der Waals surface area contributed by atoms with Crippen LogP contribution in [0.4, 0.5) is 0 Å². The van der Waals surface area contributed by atoms with E-state index in [2.05, 4.69) is 13.8 Å². The van der Waals surface area contributed by atoms with Gasteiger partial charge in [-0.1, -0.05) is 65.2 Å². The molecule has 0 fully saturated rings. The molecule has 0 amide bonds. The molecule has 0 heterocycles. The first-order valence-corrected chi connectivity index (χ1v) is 11.8. The highest BCUT2D eigenvalue weighted by atomic mass is 16.7. The van der Waals surface area contributed by atoms with E-state index in [1.54, 1.807) is 0 Å². The average Bonchev–Trinajstić information content (AvgIpc) is 2.71. The van der Waals surface area contributed by atoms with Gasteiger partial charge in [0.25, 0.3) is 0 Å². The zero-order chi connectivity index (χ0) is 20.5. The fourth-order valence-corrected chi connectivity index (χ4v) is 2.92. The van der Waals surface area contributed by atoms with Gasteiger partial charge in [-0.2, -0.15) is 0 Å². The highest BCUT2D eigenvalue weighted by Gasteiger charge is 2.09. The van der Waals surface area contributed by atoms with Crippen LogP contribution in [-0.4, -0.2) is 59.1 Å². The Labute approximate surface area is 174 Å². The number of unbranched alkanes of at least 4 members (excludes halogenated alkanes) is 8. The molecular formula is C23H48O5. The summed E-state index contributed by atoms with van der Waals surface area (Å²) in [4.78, 5) is 0. The van der Waals surface area contributed by atoms with Crippen LogP contribution in [0.25, 0.3) is 0 Å². The van der Waals surface area contributed by atoms with E-state index in [4.69, 9.17) is 23.7 Å². The zero-order valence-electron chi connectivity index (χ0n) is 19.1. The predicted molar refractivity (Wildman–Crippen MR) is 116 cm³/mol. The molecule has 0 saturated carbocycles. The third-order valence-electron chi connectivity index (χ3n) is 4.53. The van der Waals surface area contributed by atoms with Gasteiger partial charge in [-0.15, -0.1) is 0 Å². The standard InChI is InChI=1S/C23H48O5/c1-4-7-8-9-10-11-12-13-14-15-23(27-21-19-25-16-5-2)28-22-20-26-18-17-24-6-3/h23H,4-22H2,1-3H3. The van der Waals surface area contributed by atoms with Crippen molar-refractivity contribution in [1.82, 2.24) is 0 Å². The van der Waals surface area contributed by atoms with E-state index in [0.717, 1.165) is 32.5 Å². The molecule has 0 radical (unpaired) electrons. The molecule has 5 heteroatoms. The maximum Gasteiger partial charge on any atom is 0.157 e. The van der Waals surface area contributed by atoms with Crippen molar-refractivity contribution in [3.63, 3.8) is 0 Å². The van der Waals surface area contributed by atoms with Crippen LogP contribution in [0, 0.1) is 0 Å². The van der Waals surface area contributed by atoms with E-state index in [1.165, 1.54) is 51.4 Å². The SMILES string of the molecule is CCCCCCCCCCCC(OCCOCCC)OCCOCCOCC. The number of rotatable bonds is 24. The number of hydrogen-bond donors (Lipinski definition) is 0. The molecule has 170 valence electrons. The maximum atomic E-state index is 5.88. The molecule has 0 rings (SSSR count). The second-order valence-electron chi connectivity index (χ2n) is 7.21. The van der Waals surface area contributed by atoms with Gasteiger partial charge in [-0.3, -0.25) is 0 Å². The van der Waals surface area contributed by atoms with Gasteiger partial charge in [0.2, 0.25) is 0 Å². The molecule has 0 aliphatic carbocycles. The van der Waals surface area contributed by atoms with Crippen molar-refractivity contribution in [3.8, 4) is 0 Å². The highest BCUT2D eigenvalue weighted by Crippen LogP contribution is 2.13. The summed E-state index contributed by atoms with van der Waals surface area (Å²) in [5.41, 5.74) is 0. The van der Waals surface area contributed by atoms with Gasteiger partial charge in [0.15, 0.2) is 6.29 Å². The molecular weight excluding hydrogens is 356 g/mol. The van der Waals surface area contributed by atoms with Gasteiger partial charge in [-0.05, 0) is 26.2 Å². The van der Waals surface area contributed by atoms with Crippen LogP contribution in [0.2, 0.25) is 0 Å². The summed E-state index contributed by atoms with van der Waals surface area (Å²) in [6.07, 6.45) is 13.8. The first-order chi connectivity index (χ1) is 13.8. The lowest BCUT2D eigenvalue weighted by Gasteiger charge is -2.19. The van der Waals surface area contributed by atoms with Crippen molar-refractivity contribution in [1.29, 1.82) is 0 Å². The minimum absolute atomic E-state index is 0.148. The minimum atomic E-state index is -0.148. The third-order valence-corrected chi connectivity index (χ3v) is 4.53. The summed E-state index contributed by atoms with van der Waals surface area (Å²) in [6.45, 7) is 11.5. The molecule has 1 atom stereocenters. The fourth-order valence-electron chi connectivity index (χ4n) is 2.92. The average molecular weight is 405 g/mol. The molecule has 0 aromatic rings. The molecule has 0 aromatic carbocycles. The summed E-state index contributed by atoms with van der Waals surface area (Å²) in [7, 11) is 0. The Morgan fingerprint density at radius 1 is 0.464 bits per heavy atom. The Bertz CT molecular complexity index is 276. The topological polar surface area (TPSA) is 46.2 Å². The van der Waals surface area contributed by atoms with E-state index in [9.17, 15) is 0 Å². The molecule has 0 N–H and O–H groups in total. The number of hydrogen-bond acceptors (Lipinski definition) is 5. The van der Waals surface area contributed by atoms with Gasteiger partial charge in [0.05, 0.1) is 39.6 Å². The van der Waals surface area contributed by atoms with Crippen LogP contribution < -0.4 is 0 Å². The first kappa shape index (κ1) is 27.8. The Morgan fingerprint density at radius 3 is 1.54 bits per heavy atom. The van der Waals surface area contributed by atoms with Gasteiger partial charge in [0.1, 0.15) is 0 Å². The van der Waals surface area contributed by atoms with Gasteiger partial charge >= 0.3 is 0 Å². The number of ether oxygens (including phenoxy) is 5. The minimum Gasteiger partial charge on any atom is -0.379 e. The lowest BCUT2D eigenvalue weighted by molar-refractivity contribution is -0.162. The van der Waals surface area contributed by atoms with Crippen LogP contribution in [0.3, 0.4) is 0 Å². The molecule has 0 aromatic heterocycles. The lowest BCUT2D eigenvalue weighted by Crippen LogP contribution is -2.22. The third kappa shape index (κ3) is 22.1. The molecule has 0 bridgehead atoms. The lowest BCUT2D eigenvalue weighted by atomic mass is 10.1. The summed E-state index contributed by atoms with van der Waals surface area (Å²) in [5, 5.41) is 0. The van der Waals surface area contributed by atoms with E-state index >= 15 is 0 Å². The highest BCUT2D eigenvalue weighted by molar-refractivity contribution is 4.51. The van der Waals surface area contributed by atoms with Crippen LogP contribution >= 0.6 is 0 Å². The molecule has 28 heavy (non-hydrogen) atoms. The molecule has 5 nitrogen and oxygen atoms in total. The van der Waals surface area contributed by atoms with E-state index < -0.39 is 0 Å². The zero-order valence-corrected chi connectivity index (χ0v) is 19.1. The summed E-state index contributed by atoms with van der Waals surface area (Å²) >= 11 is 0. The van der Waals surface area contributed by atoms with Crippen LogP contribution in [0.5, 0.6) is 0 Å². The normalized spacial score (nSPS) is 12.5. The van der Waals surface area contributed by atoms with Gasteiger partial charge in [-0.25, -0.2) is 0 Å². The van der Waals surface area contributed by atoms with Crippen LogP contribution in [0.1, 0.15) is 91.4 Å². The Kier molecular flexibility index (Phi) is 24.7. The Hall–Kier alpha value is -0.200. The smallest absolute Gasteiger partial charge is 0.157 e. The van der Waals surface area contributed by atoms with Crippen molar-refractivity contribution >= 4 is 0 Å². The Balaban J connectivity index is 3.74. The van der Waals surface area contributed by atoms with Crippen LogP contribution in [-0.2, 0) is 23.7 Å². The first-order valence-electron chi connectivity index (χ1n) is 11.8. The maximum absolute atomic E-state index is 5.88. The van der Waals surface area contributed by atoms with E-state index in [1.807, 2.05) is 6.92 Å². The van der Waals surface area contributed by atoms with Crippen molar-refractivity contribution < 1.29 is 23.7 Å². The second kappa shape index (κ2) is 24.8. The van der Waals surface area contributed by atoms with Gasteiger partial charge in [0, 0.05) is 13.2 Å². The van der Waals surface area contributed by atoms with E-state index in [-0.39, 0.29) is 6.29 Å². The van der Waals surface area contributed by atoms with Gasteiger partial charge < -0.3 is 23.7 Å². The summed E-state index contributed by atoms with van der Waals surface area (Å²) in [5.74, 6) is 0. The second-order valence-corrected chi connectivity index (χ2v) is 7.21. The molecule has 0 aliphatic rings. The molecule has 1 unspecified atom stereocenters. The molecule has 0 aliphatic heterocycles. The van der Waals surface area contributed by atoms with Crippen molar-refractivity contribution in [2.45, 2.75) is 97.7 Å². The Morgan fingerprint density at radius 2 is 0.964 bits per heavy atom. The van der Waals surface area contributed by atoms with Crippen molar-refractivity contribution in [2.75, 3.05) is 52.9 Å². The molecule has 0 spiro atoms. The fraction of sp³-hybridized carbons (Fsp3) is 1.00. The van der Waals surface area contributed by atoms with Crippen molar-refractivity contribution in [2.24, 2.45) is 0 Å².